The molecule has 0 aromatic heterocycles. The van der Waals surface area contributed by atoms with E-state index in [1.165, 1.54) is 0 Å². The molecule has 0 rings (SSSR count). The Hall–Kier alpha value is 2.72. The molecule has 0 saturated heterocycles. The average Bonchev–Trinajstić information content (AvgIpc) is 1.50. The SMILES string of the molecule is BrI.ClBr.[Ag]. The third-order valence-electron chi connectivity index (χ3n) is 0. The van der Waals surface area contributed by atoms with Gasteiger partial charge in [-0.25, -0.2) is 0 Å². The molecule has 1 radical (unpaired) electrons. The zero-order valence-corrected chi connectivity index (χ0v) is 9.38. The summed E-state index contributed by atoms with van der Waals surface area (Å²) in [5, 5.41) is 0. The number of halogens is 4. The van der Waals surface area contributed by atoms with Gasteiger partial charge >= 0.3 is 0 Å². The first-order valence-electron chi connectivity index (χ1n) is 0.286. The predicted octanol–water partition coefficient (Wildman–Crippen LogP) is 3.26. The molecule has 0 atom stereocenters. The summed E-state index contributed by atoms with van der Waals surface area (Å²) >= 11 is 7.28. The van der Waals surface area contributed by atoms with Crippen LogP contribution in [0.25, 0.3) is 0 Å². The molecule has 0 aromatic carbocycles. The average molecular weight is 430 g/mol. The fourth-order valence-electron chi connectivity index (χ4n) is 0. The maximum absolute atomic E-state index is 4.45. The molecule has 0 aliphatic heterocycles. The molecule has 0 aromatic rings. The van der Waals surface area contributed by atoms with Crippen LogP contribution in [0.4, 0.5) is 0 Å². The van der Waals surface area contributed by atoms with Crippen LogP contribution in [0.3, 0.4) is 0 Å². The maximum atomic E-state index is 4.45. The van der Waals surface area contributed by atoms with E-state index < -0.39 is 0 Å². The van der Waals surface area contributed by atoms with E-state index in [1.807, 2.05) is 20.4 Å². The standard InChI is InChI=1S/Ag.BrCl.BrI/c;2*1-2. The topological polar surface area (TPSA) is 0 Å². The first kappa shape index (κ1) is 15.6. The first-order valence-corrected chi connectivity index (χ1v) is 7.21. The summed E-state index contributed by atoms with van der Waals surface area (Å²) in [6.45, 7) is 0. The van der Waals surface area contributed by atoms with Crippen molar-refractivity contribution < 1.29 is 22.4 Å². The molecule has 0 unspecified atom stereocenters. The van der Waals surface area contributed by atoms with Gasteiger partial charge in [-0.2, -0.15) is 0 Å². The van der Waals surface area contributed by atoms with E-state index in [2.05, 4.69) is 37.8 Å². The van der Waals surface area contributed by atoms with Crippen LogP contribution in [-0.4, -0.2) is 0 Å². The van der Waals surface area contributed by atoms with Crippen molar-refractivity contribution in [1.29, 1.82) is 0 Å². The van der Waals surface area contributed by atoms with Crippen LogP contribution >= 0.6 is 58.2 Å². The molecule has 0 amide bonds. The van der Waals surface area contributed by atoms with Crippen molar-refractivity contribution in [2.24, 2.45) is 0 Å². The molecule has 0 aliphatic rings. The second kappa shape index (κ2) is 29.7. The summed E-state index contributed by atoms with van der Waals surface area (Å²) < 4.78 is 0. The van der Waals surface area contributed by atoms with E-state index in [0.29, 0.717) is 0 Å². The Balaban J connectivity index is -0.0000000133. The smallest absolute Gasteiger partial charge is 0.0341 e. The van der Waals surface area contributed by atoms with Gasteiger partial charge in [-0.3, -0.25) is 0 Å². The minimum absolute atomic E-state index is 0. The number of hydrogen-bond donors (Lipinski definition) is 0. The van der Waals surface area contributed by atoms with Gasteiger partial charge in [-0.15, -0.1) is 0 Å². The van der Waals surface area contributed by atoms with Crippen LogP contribution in [0.15, 0.2) is 0 Å². The van der Waals surface area contributed by atoms with Gasteiger partial charge in [0.05, 0.1) is 0 Å². The van der Waals surface area contributed by atoms with Crippen LogP contribution in [0.2, 0.25) is 0 Å². The normalized spacial score (nSPS) is 2.40. The quantitative estimate of drug-likeness (QED) is 0.409. The van der Waals surface area contributed by atoms with Crippen molar-refractivity contribution in [3.8, 4) is 0 Å². The Labute approximate surface area is 79.2 Å². The van der Waals surface area contributed by atoms with Crippen molar-refractivity contribution >= 4 is 58.2 Å². The van der Waals surface area contributed by atoms with E-state index in [-0.39, 0.29) is 22.4 Å². The van der Waals surface area contributed by atoms with Crippen molar-refractivity contribution in [1.82, 2.24) is 0 Å². The van der Waals surface area contributed by atoms with Crippen molar-refractivity contribution in [2.75, 3.05) is 0 Å². The second-order valence-electron chi connectivity index (χ2n) is 0. The van der Waals surface area contributed by atoms with Crippen molar-refractivity contribution in [3.05, 3.63) is 0 Å². The van der Waals surface area contributed by atoms with Crippen LogP contribution in [-0.2, 0) is 22.4 Å². The molecule has 0 nitrogen and oxygen atoms in total. The maximum Gasteiger partial charge on any atom is 0.0341 e. The van der Waals surface area contributed by atoms with Crippen molar-refractivity contribution in [2.45, 2.75) is 0 Å². The van der Waals surface area contributed by atoms with E-state index in [0.717, 1.165) is 0 Å². The fourth-order valence-corrected chi connectivity index (χ4v) is 0. The Morgan fingerprint density at radius 3 is 1.20 bits per heavy atom. The zero-order chi connectivity index (χ0) is 4.00. The largest absolute Gasteiger partial charge is 0.0341 e. The summed E-state index contributed by atoms with van der Waals surface area (Å²) in [5.41, 5.74) is 0. The molecule has 0 bridgehead atoms. The summed E-state index contributed by atoms with van der Waals surface area (Å²) in [4.78, 5) is 0. The predicted molar refractivity (Wildman–Crippen MR) is 37.7 cm³/mol. The van der Waals surface area contributed by atoms with Gasteiger partial charge in [0, 0.05) is 57.8 Å². The molecule has 0 spiro atoms. The Morgan fingerprint density at radius 2 is 1.20 bits per heavy atom. The molecular formula is AgBr2ClI. The van der Waals surface area contributed by atoms with Gasteiger partial charge in [0.15, 0.2) is 0 Å². The summed E-state index contributed by atoms with van der Waals surface area (Å²) in [5.74, 6) is 0. The summed E-state index contributed by atoms with van der Waals surface area (Å²) in [6.07, 6.45) is 0. The number of rotatable bonds is 0. The van der Waals surface area contributed by atoms with E-state index >= 15 is 0 Å². The van der Waals surface area contributed by atoms with E-state index in [4.69, 9.17) is 0 Å². The van der Waals surface area contributed by atoms with Crippen molar-refractivity contribution in [3.63, 3.8) is 0 Å². The zero-order valence-electron chi connectivity index (χ0n) is 1.81. The summed E-state index contributed by atoms with van der Waals surface area (Å²) in [6, 6.07) is 0. The van der Waals surface area contributed by atoms with Crippen LogP contribution in [0.1, 0.15) is 0 Å². The minimum atomic E-state index is 0. The Kier molecular flexibility index (Phi) is 93.0. The van der Waals surface area contributed by atoms with E-state index in [9.17, 15) is 0 Å². The molecule has 0 aliphatic carbocycles. The molecule has 0 saturated carbocycles. The van der Waals surface area contributed by atoms with E-state index in [1.54, 1.807) is 0 Å². The third kappa shape index (κ3) is 20.2. The molecule has 5 heavy (non-hydrogen) atoms. The molecule has 5 heteroatoms. The monoisotopic (exact) mass is 427 g/mol. The molecule has 39 valence electrons. The van der Waals surface area contributed by atoms with Gasteiger partial charge < -0.3 is 0 Å². The van der Waals surface area contributed by atoms with Gasteiger partial charge in [0.1, 0.15) is 0 Å². The van der Waals surface area contributed by atoms with Gasteiger partial charge in [0.25, 0.3) is 0 Å². The van der Waals surface area contributed by atoms with Gasteiger partial charge in [-0.1, -0.05) is 0 Å². The Morgan fingerprint density at radius 1 is 1.20 bits per heavy atom. The minimum Gasteiger partial charge on any atom is -0.0341 e. The molecule has 0 heterocycles. The van der Waals surface area contributed by atoms with Crippen LogP contribution in [0.5, 0.6) is 0 Å². The van der Waals surface area contributed by atoms with Crippen LogP contribution in [0, 0.1) is 0 Å². The summed E-state index contributed by atoms with van der Waals surface area (Å²) in [7, 11) is 4.45. The Bertz CT molecular complexity index is 9.61. The van der Waals surface area contributed by atoms with Crippen LogP contribution < -0.4 is 0 Å². The second-order valence-corrected chi connectivity index (χ2v) is 0. The van der Waals surface area contributed by atoms with Gasteiger partial charge in [0.2, 0.25) is 0 Å². The fraction of sp³-hybridized carbons (Fsp3) is 0. The molecule has 0 fully saturated rings. The molecular weight excluding hydrogens is 430 g/mol. The number of hydrogen-bond acceptors (Lipinski definition) is 0. The van der Waals surface area contributed by atoms with Gasteiger partial charge in [-0.05, 0) is 22.8 Å². The molecule has 0 N–H and O–H groups in total. The third-order valence-corrected chi connectivity index (χ3v) is 0. The first-order chi connectivity index (χ1) is 2.00.